The summed E-state index contributed by atoms with van der Waals surface area (Å²) in [5, 5.41) is 9.91. The molecule has 1 unspecified atom stereocenters. The van der Waals surface area contributed by atoms with Crippen molar-refractivity contribution < 1.29 is 9.50 Å². The summed E-state index contributed by atoms with van der Waals surface area (Å²) in [6.45, 7) is 3.53. The number of allylic oxidation sites excluding steroid dienone is 1. The van der Waals surface area contributed by atoms with Gasteiger partial charge in [0.2, 0.25) is 0 Å². The second-order valence-corrected chi connectivity index (χ2v) is 3.42. The molecule has 0 amide bonds. The van der Waals surface area contributed by atoms with Gasteiger partial charge in [0, 0.05) is 10.6 Å². The molecule has 1 rings (SSSR count). The Hall–Kier alpha value is -0.860. The third-order valence-electron chi connectivity index (χ3n) is 1.98. The molecular weight excluding hydrogens is 203 g/mol. The highest BCUT2D eigenvalue weighted by molar-refractivity contribution is 6.31. The van der Waals surface area contributed by atoms with E-state index in [0.29, 0.717) is 12.8 Å². The van der Waals surface area contributed by atoms with Crippen LogP contribution in [0.25, 0.3) is 0 Å². The molecule has 0 fully saturated rings. The normalized spacial score (nSPS) is 12.5. The zero-order valence-electron chi connectivity index (χ0n) is 7.71. The number of halogens is 2. The molecule has 1 aromatic rings. The molecule has 0 spiro atoms. The van der Waals surface area contributed by atoms with E-state index in [2.05, 4.69) is 6.58 Å². The first-order valence-corrected chi connectivity index (χ1v) is 4.77. The predicted octanol–water partition coefficient (Wildman–Crippen LogP) is 3.48. The Balaban J connectivity index is 2.87. The molecule has 0 radical (unpaired) electrons. The fourth-order valence-electron chi connectivity index (χ4n) is 1.25. The number of aliphatic hydroxyl groups is 1. The average Bonchev–Trinajstić information content (AvgIpc) is 2.14. The van der Waals surface area contributed by atoms with Crippen molar-refractivity contribution in [3.05, 3.63) is 47.3 Å². The van der Waals surface area contributed by atoms with Crippen LogP contribution in [0.2, 0.25) is 5.02 Å². The van der Waals surface area contributed by atoms with Gasteiger partial charge in [-0.05, 0) is 25.0 Å². The van der Waals surface area contributed by atoms with Gasteiger partial charge in [-0.25, -0.2) is 4.39 Å². The zero-order valence-corrected chi connectivity index (χ0v) is 8.47. The van der Waals surface area contributed by atoms with Gasteiger partial charge in [-0.2, -0.15) is 0 Å². The highest BCUT2D eigenvalue weighted by Gasteiger charge is 2.15. The van der Waals surface area contributed by atoms with Gasteiger partial charge in [-0.3, -0.25) is 0 Å². The van der Waals surface area contributed by atoms with Crippen LogP contribution in [0.1, 0.15) is 24.5 Å². The maximum absolute atomic E-state index is 13.3. The predicted molar refractivity (Wildman–Crippen MR) is 55.8 cm³/mol. The van der Waals surface area contributed by atoms with Gasteiger partial charge in [0.05, 0.1) is 6.10 Å². The largest absolute Gasteiger partial charge is 0.388 e. The maximum atomic E-state index is 13.3. The molecule has 1 atom stereocenters. The zero-order chi connectivity index (χ0) is 10.6. The molecule has 3 heteroatoms. The first-order chi connectivity index (χ1) is 6.66. The van der Waals surface area contributed by atoms with Crippen LogP contribution >= 0.6 is 11.6 Å². The number of benzene rings is 1. The van der Waals surface area contributed by atoms with Crippen LogP contribution in [0, 0.1) is 5.82 Å². The van der Waals surface area contributed by atoms with Crippen LogP contribution in [-0.2, 0) is 0 Å². The Morgan fingerprint density at radius 1 is 1.57 bits per heavy atom. The highest BCUT2D eigenvalue weighted by Crippen LogP contribution is 2.28. The standard InChI is InChI=1S/C11H12ClFO/c1-2-3-7-10(14)11-8(12)5-4-6-9(11)13/h2,4-6,10,14H,1,3,7H2. The summed E-state index contributed by atoms with van der Waals surface area (Å²) in [6.07, 6.45) is 1.88. The van der Waals surface area contributed by atoms with Gasteiger partial charge in [-0.15, -0.1) is 6.58 Å². The van der Waals surface area contributed by atoms with E-state index >= 15 is 0 Å². The third kappa shape index (κ3) is 2.56. The molecular formula is C11H12ClFO. The van der Waals surface area contributed by atoms with Crippen molar-refractivity contribution in [1.29, 1.82) is 0 Å². The Kier molecular flexibility index (Phi) is 4.11. The molecule has 0 aromatic heterocycles. The number of aliphatic hydroxyl groups excluding tert-OH is 1. The quantitative estimate of drug-likeness (QED) is 0.761. The van der Waals surface area contributed by atoms with Crippen molar-refractivity contribution in [3.63, 3.8) is 0 Å². The van der Waals surface area contributed by atoms with E-state index in [1.54, 1.807) is 12.1 Å². The summed E-state index contributed by atoms with van der Waals surface area (Å²) in [5.41, 5.74) is 0.177. The first-order valence-electron chi connectivity index (χ1n) is 4.39. The molecule has 0 aliphatic rings. The summed E-state index contributed by atoms with van der Waals surface area (Å²) in [6, 6.07) is 4.37. The lowest BCUT2D eigenvalue weighted by Crippen LogP contribution is -2.01. The van der Waals surface area contributed by atoms with Crippen LogP contribution in [0.15, 0.2) is 30.9 Å². The van der Waals surface area contributed by atoms with Crippen molar-refractivity contribution in [2.75, 3.05) is 0 Å². The van der Waals surface area contributed by atoms with Gasteiger partial charge >= 0.3 is 0 Å². The van der Waals surface area contributed by atoms with Crippen LogP contribution in [-0.4, -0.2) is 5.11 Å². The molecule has 76 valence electrons. The van der Waals surface area contributed by atoms with Gasteiger partial charge < -0.3 is 5.11 Å². The van der Waals surface area contributed by atoms with Crippen molar-refractivity contribution in [3.8, 4) is 0 Å². The molecule has 0 heterocycles. The molecule has 0 saturated carbocycles. The topological polar surface area (TPSA) is 20.2 Å². The Labute approximate surface area is 87.8 Å². The van der Waals surface area contributed by atoms with Crippen molar-refractivity contribution in [1.82, 2.24) is 0 Å². The van der Waals surface area contributed by atoms with E-state index in [-0.39, 0.29) is 10.6 Å². The lowest BCUT2D eigenvalue weighted by atomic mass is 10.0. The smallest absolute Gasteiger partial charge is 0.130 e. The molecule has 0 bridgehead atoms. The molecule has 14 heavy (non-hydrogen) atoms. The van der Waals surface area contributed by atoms with Gasteiger partial charge in [0.1, 0.15) is 5.82 Å². The Morgan fingerprint density at radius 2 is 2.29 bits per heavy atom. The summed E-state index contributed by atoms with van der Waals surface area (Å²) in [7, 11) is 0. The van der Waals surface area contributed by atoms with Crippen LogP contribution in [0.4, 0.5) is 4.39 Å². The molecule has 1 aromatic carbocycles. The fourth-order valence-corrected chi connectivity index (χ4v) is 1.54. The number of hydrogen-bond donors (Lipinski definition) is 1. The first kappa shape index (κ1) is 11.2. The van der Waals surface area contributed by atoms with Crippen molar-refractivity contribution >= 4 is 11.6 Å². The third-order valence-corrected chi connectivity index (χ3v) is 2.31. The summed E-state index contributed by atoms with van der Waals surface area (Å²) in [5.74, 6) is -0.464. The Morgan fingerprint density at radius 3 is 2.86 bits per heavy atom. The molecule has 0 aliphatic heterocycles. The van der Waals surface area contributed by atoms with E-state index < -0.39 is 11.9 Å². The van der Waals surface area contributed by atoms with E-state index in [1.807, 2.05) is 0 Å². The van der Waals surface area contributed by atoms with Gasteiger partial charge in [-0.1, -0.05) is 23.7 Å². The van der Waals surface area contributed by atoms with Crippen molar-refractivity contribution in [2.45, 2.75) is 18.9 Å². The van der Waals surface area contributed by atoms with E-state index in [0.717, 1.165) is 0 Å². The fraction of sp³-hybridized carbons (Fsp3) is 0.273. The second kappa shape index (κ2) is 5.13. The lowest BCUT2D eigenvalue weighted by molar-refractivity contribution is 0.164. The average molecular weight is 215 g/mol. The highest BCUT2D eigenvalue weighted by atomic mass is 35.5. The minimum absolute atomic E-state index is 0.177. The minimum atomic E-state index is -0.860. The van der Waals surface area contributed by atoms with Crippen molar-refractivity contribution in [2.24, 2.45) is 0 Å². The Bertz CT molecular complexity index is 305. The van der Waals surface area contributed by atoms with Gasteiger partial charge in [0.25, 0.3) is 0 Å². The summed E-state index contributed by atoms with van der Waals surface area (Å²) < 4.78 is 13.3. The second-order valence-electron chi connectivity index (χ2n) is 3.02. The molecule has 0 aliphatic carbocycles. The van der Waals surface area contributed by atoms with E-state index in [9.17, 15) is 9.50 Å². The monoisotopic (exact) mass is 214 g/mol. The lowest BCUT2D eigenvalue weighted by Gasteiger charge is -2.12. The van der Waals surface area contributed by atoms with Crippen LogP contribution in [0.5, 0.6) is 0 Å². The van der Waals surface area contributed by atoms with Crippen LogP contribution < -0.4 is 0 Å². The SMILES string of the molecule is C=CCCC(O)c1c(F)cccc1Cl. The summed E-state index contributed by atoms with van der Waals surface area (Å²) >= 11 is 5.78. The molecule has 1 N–H and O–H groups in total. The number of rotatable bonds is 4. The summed E-state index contributed by atoms with van der Waals surface area (Å²) in [4.78, 5) is 0. The van der Waals surface area contributed by atoms with Crippen LogP contribution in [0.3, 0.4) is 0 Å². The number of hydrogen-bond acceptors (Lipinski definition) is 1. The van der Waals surface area contributed by atoms with E-state index in [1.165, 1.54) is 12.1 Å². The minimum Gasteiger partial charge on any atom is -0.388 e. The van der Waals surface area contributed by atoms with Gasteiger partial charge in [0.15, 0.2) is 0 Å². The molecule has 0 saturated heterocycles. The maximum Gasteiger partial charge on any atom is 0.130 e. The van der Waals surface area contributed by atoms with E-state index in [4.69, 9.17) is 11.6 Å². The molecule has 1 nitrogen and oxygen atoms in total.